The van der Waals surface area contributed by atoms with Gasteiger partial charge in [0.1, 0.15) is 11.5 Å². The summed E-state index contributed by atoms with van der Waals surface area (Å²) in [6.45, 7) is 0.142. The molecule has 0 bridgehead atoms. The molecule has 0 spiro atoms. The van der Waals surface area contributed by atoms with Gasteiger partial charge in [-0.1, -0.05) is 0 Å². The van der Waals surface area contributed by atoms with E-state index >= 15 is 0 Å². The lowest BCUT2D eigenvalue weighted by Crippen LogP contribution is -2.29. The first kappa shape index (κ1) is 21.3. The SMILES string of the molecule is COc1cc(-c2cn(C)c(=O)c3cnccc23)cc(OC)c1CN(C)S(=O)(=O)C1CC1. The van der Waals surface area contributed by atoms with Crippen LogP contribution in [0.5, 0.6) is 11.5 Å². The Labute approximate surface area is 181 Å². The Hall–Kier alpha value is -2.91. The molecule has 3 aromatic rings. The van der Waals surface area contributed by atoms with Crippen LogP contribution < -0.4 is 15.0 Å². The number of pyridine rings is 2. The average Bonchev–Trinajstić information content (AvgIpc) is 3.62. The quantitative estimate of drug-likeness (QED) is 0.557. The van der Waals surface area contributed by atoms with Gasteiger partial charge in [0.15, 0.2) is 0 Å². The summed E-state index contributed by atoms with van der Waals surface area (Å²) in [5, 5.41) is 0.988. The van der Waals surface area contributed by atoms with Crippen molar-refractivity contribution in [1.29, 1.82) is 0 Å². The fourth-order valence-corrected chi connectivity index (χ4v) is 5.32. The first-order valence-electron chi connectivity index (χ1n) is 9.91. The van der Waals surface area contributed by atoms with Crippen LogP contribution >= 0.6 is 0 Å². The van der Waals surface area contributed by atoms with Crippen molar-refractivity contribution in [2.75, 3.05) is 21.3 Å². The molecule has 4 rings (SSSR count). The van der Waals surface area contributed by atoms with Crippen molar-refractivity contribution in [3.8, 4) is 22.6 Å². The molecule has 2 aromatic heterocycles. The van der Waals surface area contributed by atoms with Crippen LogP contribution in [-0.4, -0.2) is 48.8 Å². The van der Waals surface area contributed by atoms with E-state index in [9.17, 15) is 13.2 Å². The second-order valence-electron chi connectivity index (χ2n) is 7.74. The highest BCUT2D eigenvalue weighted by atomic mass is 32.2. The number of hydrogen-bond donors (Lipinski definition) is 0. The van der Waals surface area contributed by atoms with E-state index in [2.05, 4.69) is 4.98 Å². The van der Waals surface area contributed by atoms with Crippen LogP contribution in [0.4, 0.5) is 0 Å². The topological polar surface area (TPSA) is 90.7 Å². The van der Waals surface area contributed by atoms with Gasteiger partial charge in [0.25, 0.3) is 5.56 Å². The number of methoxy groups -OCH3 is 2. The largest absolute Gasteiger partial charge is 0.496 e. The van der Waals surface area contributed by atoms with Crippen LogP contribution in [-0.2, 0) is 23.6 Å². The van der Waals surface area contributed by atoms with Crippen LogP contribution in [0.25, 0.3) is 21.9 Å². The maximum absolute atomic E-state index is 12.6. The number of hydrogen-bond acceptors (Lipinski definition) is 6. The minimum atomic E-state index is -3.34. The average molecular weight is 444 g/mol. The van der Waals surface area contributed by atoms with Crippen molar-refractivity contribution in [2.45, 2.75) is 24.6 Å². The van der Waals surface area contributed by atoms with E-state index in [4.69, 9.17) is 9.47 Å². The lowest BCUT2D eigenvalue weighted by molar-refractivity contribution is 0.371. The summed E-state index contributed by atoms with van der Waals surface area (Å²) in [5.41, 5.74) is 2.13. The number of sulfonamides is 1. The van der Waals surface area contributed by atoms with Gasteiger partial charge in [-0.15, -0.1) is 0 Å². The van der Waals surface area contributed by atoms with Crippen molar-refractivity contribution in [3.05, 3.63) is 52.7 Å². The molecule has 0 saturated heterocycles. The molecule has 31 heavy (non-hydrogen) atoms. The summed E-state index contributed by atoms with van der Waals surface area (Å²) < 4.78 is 39.3. The van der Waals surface area contributed by atoms with Crippen LogP contribution in [0.1, 0.15) is 18.4 Å². The van der Waals surface area contributed by atoms with Crippen molar-refractivity contribution < 1.29 is 17.9 Å². The van der Waals surface area contributed by atoms with Gasteiger partial charge >= 0.3 is 0 Å². The third kappa shape index (κ3) is 3.79. The molecule has 0 aliphatic heterocycles. The van der Waals surface area contributed by atoms with Crippen LogP contribution in [0.15, 0.2) is 41.6 Å². The molecule has 0 amide bonds. The predicted octanol–water partition coefficient (Wildman–Crippen LogP) is 2.54. The maximum atomic E-state index is 12.6. The summed E-state index contributed by atoms with van der Waals surface area (Å²) >= 11 is 0. The van der Waals surface area contributed by atoms with E-state index in [1.54, 1.807) is 53.0 Å². The molecule has 2 heterocycles. The zero-order chi connectivity index (χ0) is 22.3. The number of aryl methyl sites for hydroxylation is 1. The minimum absolute atomic E-state index is 0.130. The van der Waals surface area contributed by atoms with Crippen molar-refractivity contribution in [1.82, 2.24) is 13.9 Å². The highest BCUT2D eigenvalue weighted by Gasteiger charge is 2.39. The van der Waals surface area contributed by atoms with E-state index in [0.29, 0.717) is 35.3 Å². The second-order valence-corrected chi connectivity index (χ2v) is 10.1. The monoisotopic (exact) mass is 443 g/mol. The molecule has 1 aromatic carbocycles. The fourth-order valence-electron chi connectivity index (χ4n) is 3.77. The second kappa shape index (κ2) is 7.97. The molecule has 0 atom stereocenters. The van der Waals surface area contributed by atoms with E-state index < -0.39 is 10.0 Å². The first-order valence-corrected chi connectivity index (χ1v) is 11.4. The molecular formula is C22H25N3O5S. The van der Waals surface area contributed by atoms with Crippen LogP contribution in [0, 0.1) is 0 Å². The number of fused-ring (bicyclic) bond motifs is 1. The lowest BCUT2D eigenvalue weighted by atomic mass is 9.99. The molecular weight excluding hydrogens is 418 g/mol. The van der Waals surface area contributed by atoms with Crippen LogP contribution in [0.3, 0.4) is 0 Å². The molecule has 0 N–H and O–H groups in total. The highest BCUT2D eigenvalue weighted by Crippen LogP contribution is 2.39. The molecule has 1 aliphatic carbocycles. The van der Waals surface area contributed by atoms with E-state index in [1.807, 2.05) is 12.1 Å². The highest BCUT2D eigenvalue weighted by molar-refractivity contribution is 7.90. The normalized spacial score (nSPS) is 14.2. The summed E-state index contributed by atoms with van der Waals surface area (Å²) in [7, 11) is 3.02. The predicted molar refractivity (Wildman–Crippen MR) is 119 cm³/mol. The molecule has 1 fully saturated rings. The Kier molecular flexibility index (Phi) is 5.49. The van der Waals surface area contributed by atoms with Crippen molar-refractivity contribution >= 4 is 20.8 Å². The van der Waals surface area contributed by atoms with E-state index in [1.165, 1.54) is 8.87 Å². The smallest absolute Gasteiger partial charge is 0.259 e. The Morgan fingerprint density at radius 1 is 1.16 bits per heavy atom. The van der Waals surface area contributed by atoms with Gasteiger partial charge in [-0.05, 0) is 42.0 Å². The molecule has 8 nitrogen and oxygen atoms in total. The Balaban J connectivity index is 1.85. The van der Waals surface area contributed by atoms with Gasteiger partial charge in [0.2, 0.25) is 10.0 Å². The number of benzene rings is 1. The molecule has 164 valence electrons. The Bertz CT molecular complexity index is 1290. The van der Waals surface area contributed by atoms with E-state index in [0.717, 1.165) is 16.5 Å². The van der Waals surface area contributed by atoms with Gasteiger partial charge in [-0.3, -0.25) is 9.78 Å². The molecule has 0 radical (unpaired) electrons. The first-order chi connectivity index (χ1) is 14.8. The standard InChI is InChI=1S/C22H25N3O5S/c1-24-12-18(16-7-8-23-11-17(16)22(24)26)14-9-20(29-3)19(21(10-14)30-4)13-25(2)31(27,28)15-5-6-15/h7-12,15H,5-6,13H2,1-4H3. The zero-order valence-corrected chi connectivity index (χ0v) is 18.8. The fraction of sp³-hybridized carbons (Fsp3) is 0.364. The van der Waals surface area contributed by atoms with Crippen molar-refractivity contribution in [2.24, 2.45) is 7.05 Å². The van der Waals surface area contributed by atoms with Crippen molar-refractivity contribution in [3.63, 3.8) is 0 Å². The maximum Gasteiger partial charge on any atom is 0.259 e. The Morgan fingerprint density at radius 3 is 2.39 bits per heavy atom. The third-order valence-electron chi connectivity index (χ3n) is 5.66. The number of aromatic nitrogens is 2. The molecule has 1 aliphatic rings. The van der Waals surface area contributed by atoms with Gasteiger partial charge < -0.3 is 14.0 Å². The Morgan fingerprint density at radius 2 is 1.81 bits per heavy atom. The summed E-state index contributed by atoms with van der Waals surface area (Å²) in [5.74, 6) is 1.03. The third-order valence-corrected chi connectivity index (χ3v) is 7.98. The number of nitrogens with zero attached hydrogens (tertiary/aromatic N) is 3. The number of ether oxygens (including phenoxy) is 2. The summed E-state index contributed by atoms with van der Waals surface area (Å²) in [6, 6.07) is 5.49. The molecule has 1 saturated carbocycles. The zero-order valence-electron chi connectivity index (χ0n) is 18.0. The van der Waals surface area contributed by atoms with Gasteiger partial charge in [0, 0.05) is 44.8 Å². The summed E-state index contributed by atoms with van der Waals surface area (Å²) in [4.78, 5) is 16.6. The van der Waals surface area contributed by atoms with Crippen LogP contribution in [0.2, 0.25) is 0 Å². The van der Waals surface area contributed by atoms with E-state index in [-0.39, 0.29) is 17.4 Å². The van der Waals surface area contributed by atoms with Gasteiger partial charge in [0.05, 0.1) is 30.4 Å². The van der Waals surface area contributed by atoms with Gasteiger partial charge in [-0.25, -0.2) is 12.7 Å². The molecule has 0 unspecified atom stereocenters. The lowest BCUT2D eigenvalue weighted by Gasteiger charge is -2.21. The summed E-state index contributed by atoms with van der Waals surface area (Å²) in [6.07, 6.45) is 6.37. The number of rotatable bonds is 7. The molecule has 9 heteroatoms. The van der Waals surface area contributed by atoms with Gasteiger partial charge in [-0.2, -0.15) is 0 Å². The minimum Gasteiger partial charge on any atom is -0.496 e.